The molecule has 0 fully saturated rings. The van der Waals surface area contributed by atoms with Gasteiger partial charge in [0.05, 0.1) is 7.11 Å². The zero-order valence-corrected chi connectivity index (χ0v) is 11.2. The molecule has 1 aromatic carbocycles. The summed E-state index contributed by atoms with van der Waals surface area (Å²) in [5.41, 5.74) is 2.64. The Morgan fingerprint density at radius 1 is 1.25 bits per heavy atom. The average Bonchev–Trinajstić information content (AvgIpc) is 2.19. The van der Waals surface area contributed by atoms with E-state index in [0.29, 0.717) is 6.04 Å². The lowest BCUT2D eigenvalue weighted by atomic mass is 9.82. The zero-order chi connectivity index (χ0) is 12.3. The summed E-state index contributed by atoms with van der Waals surface area (Å²) in [5.74, 6) is 0.960. The fraction of sp³-hybridized carbons (Fsp3) is 0.571. The van der Waals surface area contributed by atoms with Crippen LogP contribution in [-0.2, 0) is 0 Å². The van der Waals surface area contributed by atoms with E-state index >= 15 is 0 Å². The maximum absolute atomic E-state index is 5.37. The van der Waals surface area contributed by atoms with Crippen molar-refractivity contribution in [3.8, 4) is 5.75 Å². The predicted molar refractivity (Wildman–Crippen MR) is 69.0 cm³/mol. The van der Waals surface area contributed by atoms with Crippen molar-refractivity contribution >= 4 is 0 Å². The number of nitrogens with one attached hydrogen (secondary N) is 1. The van der Waals surface area contributed by atoms with E-state index < -0.39 is 0 Å². The Bertz CT molecular complexity index is 352. The number of aryl methyl sites for hydroxylation is 1. The van der Waals surface area contributed by atoms with Crippen molar-refractivity contribution in [1.82, 2.24) is 5.32 Å². The number of rotatable bonds is 3. The number of methoxy groups -OCH3 is 1. The number of benzene rings is 1. The van der Waals surface area contributed by atoms with Gasteiger partial charge in [-0.1, -0.05) is 32.9 Å². The van der Waals surface area contributed by atoms with Crippen molar-refractivity contribution in [2.24, 2.45) is 5.41 Å². The highest BCUT2D eigenvalue weighted by Gasteiger charge is 2.24. The summed E-state index contributed by atoms with van der Waals surface area (Å²) in [5, 5.41) is 3.37. The van der Waals surface area contributed by atoms with Crippen LogP contribution in [0.5, 0.6) is 5.75 Å². The van der Waals surface area contributed by atoms with Gasteiger partial charge in [-0.05, 0) is 36.6 Å². The van der Waals surface area contributed by atoms with Crippen LogP contribution >= 0.6 is 0 Å². The minimum Gasteiger partial charge on any atom is -0.496 e. The summed E-state index contributed by atoms with van der Waals surface area (Å²) in [6.07, 6.45) is 0. The minimum absolute atomic E-state index is 0.190. The van der Waals surface area contributed by atoms with Crippen LogP contribution in [0.3, 0.4) is 0 Å². The van der Waals surface area contributed by atoms with Gasteiger partial charge >= 0.3 is 0 Å². The first-order valence-electron chi connectivity index (χ1n) is 5.72. The molecule has 0 aliphatic carbocycles. The molecule has 16 heavy (non-hydrogen) atoms. The molecule has 1 unspecified atom stereocenters. The molecule has 0 aliphatic rings. The van der Waals surface area contributed by atoms with Gasteiger partial charge in [-0.15, -0.1) is 0 Å². The fourth-order valence-corrected chi connectivity index (χ4v) is 2.12. The second-order valence-electron chi connectivity index (χ2n) is 5.32. The fourth-order valence-electron chi connectivity index (χ4n) is 2.12. The van der Waals surface area contributed by atoms with Gasteiger partial charge in [0.1, 0.15) is 5.75 Å². The summed E-state index contributed by atoms with van der Waals surface area (Å²) in [7, 11) is 3.72. The maximum atomic E-state index is 5.37. The lowest BCUT2D eigenvalue weighted by Crippen LogP contribution is -2.29. The molecule has 0 spiro atoms. The molecule has 0 aliphatic heterocycles. The monoisotopic (exact) mass is 221 g/mol. The Labute approximate surface area is 99.0 Å². The second kappa shape index (κ2) is 4.88. The first kappa shape index (κ1) is 13.0. The molecule has 1 rings (SSSR count). The highest BCUT2D eigenvalue weighted by Crippen LogP contribution is 2.34. The first-order chi connectivity index (χ1) is 7.40. The molecule has 0 saturated carbocycles. The average molecular weight is 221 g/mol. The largest absolute Gasteiger partial charge is 0.496 e. The van der Waals surface area contributed by atoms with E-state index in [1.807, 2.05) is 7.05 Å². The molecule has 0 amide bonds. The maximum Gasteiger partial charge on any atom is 0.122 e. The van der Waals surface area contributed by atoms with Crippen LogP contribution in [0.1, 0.15) is 37.9 Å². The minimum atomic E-state index is 0.190. The van der Waals surface area contributed by atoms with E-state index in [2.05, 4.69) is 51.2 Å². The second-order valence-corrected chi connectivity index (χ2v) is 5.32. The van der Waals surface area contributed by atoms with Crippen molar-refractivity contribution in [2.75, 3.05) is 14.2 Å². The lowest BCUT2D eigenvalue weighted by Gasteiger charge is -2.31. The van der Waals surface area contributed by atoms with Crippen LogP contribution in [0.4, 0.5) is 0 Å². The molecule has 0 bridgehead atoms. The standard InChI is InChI=1S/C14H23NO/c1-10-7-8-11(9-12(10)16-6)13(15-5)14(2,3)4/h7-9,13,15H,1-6H3. The topological polar surface area (TPSA) is 21.3 Å². The van der Waals surface area contributed by atoms with Gasteiger partial charge in [-0.25, -0.2) is 0 Å². The number of hydrogen-bond donors (Lipinski definition) is 1. The smallest absolute Gasteiger partial charge is 0.122 e. The Balaban J connectivity index is 3.12. The number of ether oxygens (including phenoxy) is 1. The zero-order valence-electron chi connectivity index (χ0n) is 11.2. The molecule has 1 N–H and O–H groups in total. The molecule has 0 radical (unpaired) electrons. The Kier molecular flexibility index (Phi) is 3.98. The molecular weight excluding hydrogens is 198 g/mol. The van der Waals surface area contributed by atoms with E-state index in [1.54, 1.807) is 7.11 Å². The third-order valence-corrected chi connectivity index (χ3v) is 2.92. The SMILES string of the molecule is CNC(c1ccc(C)c(OC)c1)C(C)(C)C. The van der Waals surface area contributed by atoms with Gasteiger partial charge < -0.3 is 10.1 Å². The van der Waals surface area contributed by atoms with Crippen LogP contribution in [-0.4, -0.2) is 14.2 Å². The molecule has 2 heteroatoms. The molecule has 2 nitrogen and oxygen atoms in total. The molecule has 1 atom stereocenters. The van der Waals surface area contributed by atoms with E-state index in [-0.39, 0.29) is 5.41 Å². The van der Waals surface area contributed by atoms with Gasteiger partial charge in [0, 0.05) is 6.04 Å². The Morgan fingerprint density at radius 2 is 1.88 bits per heavy atom. The normalized spacial score (nSPS) is 13.6. The summed E-state index contributed by atoms with van der Waals surface area (Å²) >= 11 is 0. The van der Waals surface area contributed by atoms with E-state index in [4.69, 9.17) is 4.74 Å². The highest BCUT2D eigenvalue weighted by molar-refractivity contribution is 5.38. The summed E-state index contributed by atoms with van der Waals surface area (Å²) < 4.78 is 5.37. The molecule has 0 aromatic heterocycles. The van der Waals surface area contributed by atoms with E-state index in [9.17, 15) is 0 Å². The third kappa shape index (κ3) is 2.76. The number of hydrogen-bond acceptors (Lipinski definition) is 2. The molecular formula is C14H23NO. The van der Waals surface area contributed by atoms with Gasteiger partial charge in [0.2, 0.25) is 0 Å². The van der Waals surface area contributed by atoms with Crippen molar-refractivity contribution < 1.29 is 4.74 Å². The molecule has 1 aromatic rings. The van der Waals surface area contributed by atoms with Crippen LogP contribution in [0, 0.1) is 12.3 Å². The van der Waals surface area contributed by atoms with Gasteiger partial charge in [-0.2, -0.15) is 0 Å². The quantitative estimate of drug-likeness (QED) is 0.845. The summed E-state index contributed by atoms with van der Waals surface area (Å²) in [6, 6.07) is 6.75. The van der Waals surface area contributed by atoms with Crippen molar-refractivity contribution in [1.29, 1.82) is 0 Å². The Morgan fingerprint density at radius 3 is 2.31 bits per heavy atom. The van der Waals surface area contributed by atoms with E-state index in [0.717, 1.165) is 5.75 Å². The van der Waals surface area contributed by atoms with Crippen LogP contribution in [0.2, 0.25) is 0 Å². The molecule has 90 valence electrons. The predicted octanol–water partition coefficient (Wildman–Crippen LogP) is 3.31. The first-order valence-corrected chi connectivity index (χ1v) is 5.72. The molecule has 0 saturated heterocycles. The molecule has 0 heterocycles. The van der Waals surface area contributed by atoms with Crippen LogP contribution < -0.4 is 10.1 Å². The summed E-state index contributed by atoms with van der Waals surface area (Å²) in [4.78, 5) is 0. The third-order valence-electron chi connectivity index (χ3n) is 2.92. The van der Waals surface area contributed by atoms with E-state index in [1.165, 1.54) is 11.1 Å². The van der Waals surface area contributed by atoms with Crippen molar-refractivity contribution in [3.05, 3.63) is 29.3 Å². The van der Waals surface area contributed by atoms with Crippen LogP contribution in [0.15, 0.2) is 18.2 Å². The highest BCUT2D eigenvalue weighted by atomic mass is 16.5. The van der Waals surface area contributed by atoms with Gasteiger partial charge in [0.15, 0.2) is 0 Å². The van der Waals surface area contributed by atoms with Crippen molar-refractivity contribution in [3.63, 3.8) is 0 Å². The van der Waals surface area contributed by atoms with Crippen molar-refractivity contribution in [2.45, 2.75) is 33.7 Å². The van der Waals surface area contributed by atoms with Gasteiger partial charge in [0.25, 0.3) is 0 Å². The lowest BCUT2D eigenvalue weighted by molar-refractivity contribution is 0.286. The van der Waals surface area contributed by atoms with Crippen LogP contribution in [0.25, 0.3) is 0 Å². The Hall–Kier alpha value is -1.02. The summed E-state index contributed by atoms with van der Waals surface area (Å²) in [6.45, 7) is 8.77. The van der Waals surface area contributed by atoms with Gasteiger partial charge in [-0.3, -0.25) is 0 Å².